The van der Waals surface area contributed by atoms with Crippen LogP contribution in [0.1, 0.15) is 11.1 Å². The van der Waals surface area contributed by atoms with Crippen molar-refractivity contribution >= 4 is 5.82 Å². The standard InChI is InChI=1S/C17H13FN4/c1-11-5-4-6-12(9-11)22-17(20)14(10-19)16(21-22)13-7-2-3-8-15(13)18/h2-9H,20H2,1H3. The fourth-order valence-electron chi connectivity index (χ4n) is 2.34. The highest BCUT2D eigenvalue weighted by Crippen LogP contribution is 2.30. The number of hydrogen-bond acceptors (Lipinski definition) is 3. The van der Waals surface area contributed by atoms with E-state index in [1.807, 2.05) is 37.3 Å². The normalized spacial score (nSPS) is 10.4. The Balaban J connectivity index is 2.25. The molecular weight excluding hydrogens is 279 g/mol. The molecule has 2 aromatic carbocycles. The van der Waals surface area contributed by atoms with Crippen LogP contribution in [-0.2, 0) is 0 Å². The molecule has 4 nitrogen and oxygen atoms in total. The van der Waals surface area contributed by atoms with E-state index in [0.717, 1.165) is 11.3 Å². The van der Waals surface area contributed by atoms with Crippen LogP contribution in [0, 0.1) is 24.1 Å². The van der Waals surface area contributed by atoms with Gasteiger partial charge in [-0.2, -0.15) is 10.4 Å². The van der Waals surface area contributed by atoms with Crippen molar-refractivity contribution in [1.29, 1.82) is 5.26 Å². The summed E-state index contributed by atoms with van der Waals surface area (Å²) in [6.45, 7) is 1.95. The van der Waals surface area contributed by atoms with Crippen molar-refractivity contribution in [3.63, 3.8) is 0 Å². The third-order valence-electron chi connectivity index (χ3n) is 3.41. The average Bonchev–Trinajstić information content (AvgIpc) is 2.84. The van der Waals surface area contributed by atoms with Gasteiger partial charge in [0.15, 0.2) is 0 Å². The van der Waals surface area contributed by atoms with Crippen molar-refractivity contribution in [1.82, 2.24) is 9.78 Å². The molecule has 22 heavy (non-hydrogen) atoms. The topological polar surface area (TPSA) is 67.6 Å². The second-order valence-corrected chi connectivity index (χ2v) is 4.95. The van der Waals surface area contributed by atoms with E-state index in [1.54, 1.807) is 18.2 Å². The molecule has 1 heterocycles. The van der Waals surface area contributed by atoms with Gasteiger partial charge in [-0.25, -0.2) is 9.07 Å². The number of nitrogen functional groups attached to an aromatic ring is 1. The van der Waals surface area contributed by atoms with Crippen LogP contribution in [0.4, 0.5) is 10.2 Å². The lowest BCUT2D eigenvalue weighted by Gasteiger charge is -2.04. The molecule has 0 unspecified atom stereocenters. The van der Waals surface area contributed by atoms with E-state index in [2.05, 4.69) is 5.10 Å². The number of rotatable bonds is 2. The number of benzene rings is 2. The van der Waals surface area contributed by atoms with Crippen LogP contribution in [-0.4, -0.2) is 9.78 Å². The molecule has 1 aromatic heterocycles. The summed E-state index contributed by atoms with van der Waals surface area (Å²) >= 11 is 0. The van der Waals surface area contributed by atoms with Crippen LogP contribution < -0.4 is 5.73 Å². The summed E-state index contributed by atoms with van der Waals surface area (Å²) in [6.07, 6.45) is 0. The smallest absolute Gasteiger partial charge is 0.145 e. The molecule has 2 N–H and O–H groups in total. The van der Waals surface area contributed by atoms with Crippen molar-refractivity contribution in [3.05, 3.63) is 65.5 Å². The molecule has 0 aliphatic rings. The van der Waals surface area contributed by atoms with Crippen LogP contribution in [0.2, 0.25) is 0 Å². The molecule has 0 aliphatic carbocycles. The van der Waals surface area contributed by atoms with E-state index < -0.39 is 5.82 Å². The van der Waals surface area contributed by atoms with E-state index >= 15 is 0 Å². The van der Waals surface area contributed by atoms with Crippen molar-refractivity contribution in [2.75, 3.05) is 5.73 Å². The maximum Gasteiger partial charge on any atom is 0.145 e. The molecule has 0 spiro atoms. The average molecular weight is 292 g/mol. The first-order chi connectivity index (χ1) is 10.6. The van der Waals surface area contributed by atoms with Crippen LogP contribution in [0.25, 0.3) is 16.9 Å². The molecule has 0 radical (unpaired) electrons. The summed E-state index contributed by atoms with van der Waals surface area (Å²) in [6, 6.07) is 15.8. The van der Waals surface area contributed by atoms with Gasteiger partial charge in [0.05, 0.1) is 5.69 Å². The maximum absolute atomic E-state index is 14.0. The summed E-state index contributed by atoms with van der Waals surface area (Å²) in [4.78, 5) is 0. The van der Waals surface area contributed by atoms with Crippen molar-refractivity contribution in [3.8, 4) is 23.0 Å². The number of aryl methyl sites for hydroxylation is 1. The first-order valence-electron chi connectivity index (χ1n) is 6.72. The van der Waals surface area contributed by atoms with Crippen LogP contribution in [0.5, 0.6) is 0 Å². The van der Waals surface area contributed by atoms with Crippen LogP contribution in [0.3, 0.4) is 0 Å². The highest BCUT2D eigenvalue weighted by Gasteiger charge is 2.20. The van der Waals surface area contributed by atoms with Crippen molar-refractivity contribution in [2.45, 2.75) is 6.92 Å². The summed E-state index contributed by atoms with van der Waals surface area (Å²) < 4.78 is 15.5. The number of halogens is 1. The molecular formula is C17H13FN4. The van der Waals surface area contributed by atoms with Gasteiger partial charge in [-0.15, -0.1) is 0 Å². The van der Waals surface area contributed by atoms with Gasteiger partial charge in [0.1, 0.15) is 29.0 Å². The molecule has 0 saturated heterocycles. The quantitative estimate of drug-likeness (QED) is 0.786. The zero-order valence-corrected chi connectivity index (χ0v) is 11.9. The number of nitrogens with zero attached hydrogens (tertiary/aromatic N) is 3. The van der Waals surface area contributed by atoms with E-state index in [0.29, 0.717) is 0 Å². The Bertz CT molecular complexity index is 890. The Morgan fingerprint density at radius 1 is 1.18 bits per heavy atom. The Hall–Kier alpha value is -3.13. The first-order valence-corrected chi connectivity index (χ1v) is 6.72. The molecule has 3 rings (SSSR count). The number of aromatic nitrogens is 2. The SMILES string of the molecule is Cc1cccc(-n2nc(-c3ccccc3F)c(C#N)c2N)c1. The Labute approximate surface area is 127 Å². The maximum atomic E-state index is 14.0. The van der Waals surface area contributed by atoms with Gasteiger partial charge in [-0.1, -0.05) is 24.3 Å². The second-order valence-electron chi connectivity index (χ2n) is 4.95. The Morgan fingerprint density at radius 2 is 1.95 bits per heavy atom. The first kappa shape index (κ1) is 13.8. The molecule has 0 aliphatic heterocycles. The minimum atomic E-state index is -0.437. The lowest BCUT2D eigenvalue weighted by atomic mass is 10.1. The summed E-state index contributed by atoms with van der Waals surface area (Å²) in [5.41, 5.74) is 8.50. The predicted molar refractivity (Wildman–Crippen MR) is 82.8 cm³/mol. The minimum absolute atomic E-state index is 0.173. The number of nitriles is 1. The molecule has 0 bridgehead atoms. The summed E-state index contributed by atoms with van der Waals surface area (Å²) in [5, 5.41) is 13.7. The van der Waals surface area contributed by atoms with Crippen LogP contribution >= 0.6 is 0 Å². The van der Waals surface area contributed by atoms with Gasteiger partial charge in [-0.3, -0.25) is 0 Å². The Kier molecular flexibility index (Phi) is 3.36. The fourth-order valence-corrected chi connectivity index (χ4v) is 2.34. The van der Waals surface area contributed by atoms with Crippen molar-refractivity contribution < 1.29 is 4.39 Å². The van der Waals surface area contributed by atoms with E-state index in [1.165, 1.54) is 10.7 Å². The second kappa shape index (κ2) is 5.34. The molecule has 0 saturated carbocycles. The van der Waals surface area contributed by atoms with Crippen LogP contribution in [0.15, 0.2) is 48.5 Å². The zero-order valence-electron chi connectivity index (χ0n) is 11.9. The molecule has 0 amide bonds. The highest BCUT2D eigenvalue weighted by atomic mass is 19.1. The number of hydrogen-bond donors (Lipinski definition) is 1. The van der Waals surface area contributed by atoms with Gasteiger partial charge in [-0.05, 0) is 36.8 Å². The van der Waals surface area contributed by atoms with Gasteiger partial charge >= 0.3 is 0 Å². The van der Waals surface area contributed by atoms with Gasteiger partial charge < -0.3 is 5.73 Å². The molecule has 108 valence electrons. The molecule has 0 fully saturated rings. The van der Waals surface area contributed by atoms with Gasteiger partial charge in [0, 0.05) is 5.56 Å². The Morgan fingerprint density at radius 3 is 2.64 bits per heavy atom. The summed E-state index contributed by atoms with van der Waals surface area (Å²) in [7, 11) is 0. The number of nitrogens with two attached hydrogens (primary N) is 1. The highest BCUT2D eigenvalue weighted by molar-refractivity contribution is 5.74. The third kappa shape index (κ3) is 2.21. The van der Waals surface area contributed by atoms with Gasteiger partial charge in [0.25, 0.3) is 0 Å². The third-order valence-corrected chi connectivity index (χ3v) is 3.41. The number of anilines is 1. The molecule has 5 heteroatoms. The molecule has 3 aromatic rings. The van der Waals surface area contributed by atoms with Crippen molar-refractivity contribution in [2.24, 2.45) is 0 Å². The minimum Gasteiger partial charge on any atom is -0.382 e. The predicted octanol–water partition coefficient (Wildman–Crippen LogP) is 3.44. The van der Waals surface area contributed by atoms with E-state index in [9.17, 15) is 9.65 Å². The monoisotopic (exact) mass is 292 g/mol. The molecule has 0 atom stereocenters. The lowest BCUT2D eigenvalue weighted by Crippen LogP contribution is -2.02. The zero-order chi connectivity index (χ0) is 15.7. The van der Waals surface area contributed by atoms with Gasteiger partial charge in [0.2, 0.25) is 0 Å². The van der Waals surface area contributed by atoms with E-state index in [4.69, 9.17) is 5.73 Å². The van der Waals surface area contributed by atoms with E-state index in [-0.39, 0.29) is 22.6 Å². The summed E-state index contributed by atoms with van der Waals surface area (Å²) in [5.74, 6) is -0.237. The lowest BCUT2D eigenvalue weighted by molar-refractivity contribution is 0.630. The largest absolute Gasteiger partial charge is 0.382 e. The fraction of sp³-hybridized carbons (Fsp3) is 0.0588.